The summed E-state index contributed by atoms with van der Waals surface area (Å²) in [5, 5.41) is 0. The molecule has 6 nitrogen and oxygen atoms in total. The van der Waals surface area contributed by atoms with Crippen LogP contribution in [0.3, 0.4) is 0 Å². The predicted octanol–water partition coefficient (Wildman–Crippen LogP) is 1.19. The van der Waals surface area contributed by atoms with Crippen molar-refractivity contribution in [2.24, 2.45) is 0 Å². The molecule has 2 aliphatic heterocycles. The molecule has 120 valence electrons. The molecule has 6 heteroatoms. The summed E-state index contributed by atoms with van der Waals surface area (Å²) in [6.45, 7) is 2.35. The fourth-order valence-electron chi connectivity index (χ4n) is 3.11. The zero-order valence-corrected chi connectivity index (χ0v) is 12.9. The lowest BCUT2D eigenvalue weighted by Crippen LogP contribution is -2.37. The average molecular weight is 307 g/mol. The first kappa shape index (κ1) is 15.3. The number of rotatable bonds is 4. The van der Waals surface area contributed by atoms with E-state index in [0.717, 1.165) is 11.3 Å². The molecule has 1 atom stereocenters. The monoisotopic (exact) mass is 307 g/mol. The number of hydrogen-bond acceptors (Lipinski definition) is 6. The van der Waals surface area contributed by atoms with Crippen molar-refractivity contribution in [3.05, 3.63) is 29.8 Å². The van der Waals surface area contributed by atoms with Crippen LogP contribution >= 0.6 is 0 Å². The minimum Gasteiger partial charge on any atom is -0.497 e. The van der Waals surface area contributed by atoms with Gasteiger partial charge in [0, 0.05) is 13.0 Å². The number of carbonyl (C=O) groups is 1. The Labute approximate surface area is 129 Å². The van der Waals surface area contributed by atoms with Crippen LogP contribution in [-0.2, 0) is 25.5 Å². The fraction of sp³-hybridized carbons (Fsp3) is 0.562. The molecular weight excluding hydrogens is 286 g/mol. The van der Waals surface area contributed by atoms with E-state index in [-0.39, 0.29) is 12.0 Å². The molecule has 0 saturated carbocycles. The number of likely N-dealkylation sites (tertiary alicyclic amines) is 1. The standard InChI is InChI=1S/C16H21NO5/c1-19-13-5-3-12(4-6-13)10-17-11-16(21-7-8-22-16)9-14(17)15(18)20-2/h3-6,14H,7-11H2,1-2H3/t14-/m1/s1. The van der Waals surface area contributed by atoms with E-state index in [1.807, 2.05) is 24.3 Å². The predicted molar refractivity (Wildman–Crippen MR) is 78.5 cm³/mol. The van der Waals surface area contributed by atoms with Gasteiger partial charge in [0.25, 0.3) is 0 Å². The Morgan fingerprint density at radius 3 is 2.55 bits per heavy atom. The van der Waals surface area contributed by atoms with E-state index in [4.69, 9.17) is 18.9 Å². The van der Waals surface area contributed by atoms with Crippen LogP contribution in [0.25, 0.3) is 0 Å². The minimum absolute atomic E-state index is 0.246. The zero-order valence-electron chi connectivity index (χ0n) is 12.9. The highest BCUT2D eigenvalue weighted by molar-refractivity contribution is 5.76. The van der Waals surface area contributed by atoms with E-state index >= 15 is 0 Å². The summed E-state index contributed by atoms with van der Waals surface area (Å²) in [5.74, 6) is -0.0937. The fourth-order valence-corrected chi connectivity index (χ4v) is 3.11. The van der Waals surface area contributed by atoms with Gasteiger partial charge in [0.15, 0.2) is 5.79 Å². The molecule has 0 aromatic heterocycles. The van der Waals surface area contributed by atoms with Gasteiger partial charge in [-0.25, -0.2) is 0 Å². The molecule has 1 aromatic rings. The summed E-state index contributed by atoms with van der Waals surface area (Å²) in [6, 6.07) is 7.47. The maximum absolute atomic E-state index is 12.1. The normalized spacial score (nSPS) is 23.8. The lowest BCUT2D eigenvalue weighted by molar-refractivity contribution is -0.152. The van der Waals surface area contributed by atoms with Crippen LogP contribution < -0.4 is 4.74 Å². The van der Waals surface area contributed by atoms with Crippen LogP contribution in [-0.4, -0.2) is 56.7 Å². The van der Waals surface area contributed by atoms with E-state index in [1.165, 1.54) is 7.11 Å². The van der Waals surface area contributed by atoms with Crippen LogP contribution in [0.15, 0.2) is 24.3 Å². The van der Waals surface area contributed by atoms with E-state index in [0.29, 0.717) is 32.7 Å². The lowest BCUT2D eigenvalue weighted by atomic mass is 10.1. The molecule has 2 saturated heterocycles. The van der Waals surface area contributed by atoms with Crippen molar-refractivity contribution in [3.63, 3.8) is 0 Å². The highest BCUT2D eigenvalue weighted by atomic mass is 16.7. The Balaban J connectivity index is 1.75. The van der Waals surface area contributed by atoms with Gasteiger partial charge in [0.2, 0.25) is 0 Å². The number of ether oxygens (including phenoxy) is 4. The van der Waals surface area contributed by atoms with E-state index in [9.17, 15) is 4.79 Å². The molecule has 2 fully saturated rings. The highest BCUT2D eigenvalue weighted by Crippen LogP contribution is 2.36. The third-order valence-electron chi connectivity index (χ3n) is 4.22. The second-order valence-corrected chi connectivity index (χ2v) is 5.60. The van der Waals surface area contributed by atoms with Gasteiger partial charge in [-0.3, -0.25) is 9.69 Å². The summed E-state index contributed by atoms with van der Waals surface area (Å²) in [7, 11) is 3.05. The van der Waals surface area contributed by atoms with Gasteiger partial charge in [-0.2, -0.15) is 0 Å². The molecule has 0 N–H and O–H groups in total. The van der Waals surface area contributed by atoms with Crippen molar-refractivity contribution < 1.29 is 23.7 Å². The van der Waals surface area contributed by atoms with Gasteiger partial charge in [-0.15, -0.1) is 0 Å². The Morgan fingerprint density at radius 1 is 1.27 bits per heavy atom. The quantitative estimate of drug-likeness (QED) is 0.779. The third-order valence-corrected chi connectivity index (χ3v) is 4.22. The molecule has 0 unspecified atom stereocenters. The summed E-state index contributed by atoms with van der Waals surface area (Å²) >= 11 is 0. The van der Waals surface area contributed by atoms with E-state index < -0.39 is 5.79 Å². The van der Waals surface area contributed by atoms with Crippen LogP contribution in [0.1, 0.15) is 12.0 Å². The number of methoxy groups -OCH3 is 2. The molecular formula is C16H21NO5. The SMILES string of the molecule is COC(=O)[C@H]1CC2(CN1Cc1ccc(OC)cc1)OCCO2. The molecule has 0 radical (unpaired) electrons. The molecule has 0 aliphatic carbocycles. The zero-order chi connectivity index (χ0) is 15.6. The van der Waals surface area contributed by atoms with E-state index in [2.05, 4.69) is 4.90 Å². The lowest BCUT2D eigenvalue weighted by Gasteiger charge is -2.23. The first-order valence-corrected chi connectivity index (χ1v) is 7.38. The highest BCUT2D eigenvalue weighted by Gasteiger charge is 2.51. The molecule has 3 rings (SSSR count). The van der Waals surface area contributed by atoms with Gasteiger partial charge in [0.05, 0.1) is 34.0 Å². The first-order chi connectivity index (χ1) is 10.7. The molecule has 2 heterocycles. The summed E-state index contributed by atoms with van der Waals surface area (Å²) < 4.78 is 21.6. The number of benzene rings is 1. The van der Waals surface area contributed by atoms with Crippen LogP contribution in [0.4, 0.5) is 0 Å². The molecule has 22 heavy (non-hydrogen) atoms. The summed E-state index contributed by atoms with van der Waals surface area (Å²) in [5.41, 5.74) is 1.10. The second kappa shape index (κ2) is 6.24. The Morgan fingerprint density at radius 2 is 1.95 bits per heavy atom. The smallest absolute Gasteiger partial charge is 0.323 e. The Bertz CT molecular complexity index is 524. The maximum Gasteiger partial charge on any atom is 0.323 e. The maximum atomic E-state index is 12.1. The van der Waals surface area contributed by atoms with Crippen molar-refractivity contribution in [3.8, 4) is 5.75 Å². The van der Waals surface area contributed by atoms with Crippen LogP contribution in [0.2, 0.25) is 0 Å². The van der Waals surface area contributed by atoms with Crippen molar-refractivity contribution in [1.82, 2.24) is 4.90 Å². The summed E-state index contributed by atoms with van der Waals surface area (Å²) in [4.78, 5) is 14.1. The number of esters is 1. The molecule has 0 bridgehead atoms. The molecule has 1 spiro atoms. The van der Waals surface area contributed by atoms with E-state index in [1.54, 1.807) is 7.11 Å². The van der Waals surface area contributed by atoms with Crippen molar-refractivity contribution in [1.29, 1.82) is 0 Å². The van der Waals surface area contributed by atoms with Gasteiger partial charge in [0.1, 0.15) is 11.8 Å². The summed E-state index contributed by atoms with van der Waals surface area (Å²) in [6.07, 6.45) is 0.510. The largest absolute Gasteiger partial charge is 0.497 e. The third kappa shape index (κ3) is 2.95. The van der Waals surface area contributed by atoms with Gasteiger partial charge in [-0.1, -0.05) is 12.1 Å². The van der Waals surface area contributed by atoms with Crippen molar-refractivity contribution >= 4 is 5.97 Å². The van der Waals surface area contributed by atoms with Crippen LogP contribution in [0.5, 0.6) is 5.75 Å². The topological polar surface area (TPSA) is 57.2 Å². The van der Waals surface area contributed by atoms with Crippen molar-refractivity contribution in [2.75, 3.05) is 34.0 Å². The number of nitrogens with zero attached hydrogens (tertiary/aromatic N) is 1. The van der Waals surface area contributed by atoms with Crippen molar-refractivity contribution in [2.45, 2.75) is 24.8 Å². The molecule has 0 amide bonds. The number of carbonyl (C=O) groups excluding carboxylic acids is 1. The Hall–Kier alpha value is -1.63. The number of hydrogen-bond donors (Lipinski definition) is 0. The minimum atomic E-state index is -0.661. The van der Waals surface area contributed by atoms with Gasteiger partial charge < -0.3 is 18.9 Å². The average Bonchev–Trinajstić information content (AvgIpc) is 3.15. The van der Waals surface area contributed by atoms with Gasteiger partial charge in [-0.05, 0) is 17.7 Å². The van der Waals surface area contributed by atoms with Gasteiger partial charge >= 0.3 is 5.97 Å². The van der Waals surface area contributed by atoms with Crippen LogP contribution in [0, 0.1) is 0 Å². The first-order valence-electron chi connectivity index (χ1n) is 7.38. The Kier molecular flexibility index (Phi) is 4.33. The molecule has 2 aliphatic rings. The second-order valence-electron chi connectivity index (χ2n) is 5.60. The molecule has 1 aromatic carbocycles.